The lowest BCUT2D eigenvalue weighted by Gasteiger charge is -2.12. The van der Waals surface area contributed by atoms with Crippen molar-refractivity contribution >= 4 is 39.1 Å². The predicted molar refractivity (Wildman–Crippen MR) is 100 cm³/mol. The molecule has 0 spiro atoms. The molecule has 3 rings (SSSR count). The second-order valence-corrected chi connectivity index (χ2v) is 6.80. The molecular formula is C18H9BrCl2N2O. The van der Waals surface area contributed by atoms with E-state index in [0.29, 0.717) is 26.9 Å². The molecule has 1 aromatic heterocycles. The van der Waals surface area contributed by atoms with E-state index in [0.717, 1.165) is 10.0 Å². The van der Waals surface area contributed by atoms with Gasteiger partial charge in [-0.05, 0) is 35.9 Å². The lowest BCUT2D eigenvalue weighted by molar-refractivity contribution is 1.22. The first-order chi connectivity index (χ1) is 11.5. The summed E-state index contributed by atoms with van der Waals surface area (Å²) in [4.78, 5) is 14.9. The Morgan fingerprint density at radius 2 is 1.71 bits per heavy atom. The number of hydrogen-bond acceptors (Lipinski definition) is 2. The van der Waals surface area contributed by atoms with Gasteiger partial charge in [-0.15, -0.1) is 0 Å². The molecule has 0 bridgehead atoms. The van der Waals surface area contributed by atoms with Crippen molar-refractivity contribution in [1.82, 2.24) is 4.98 Å². The van der Waals surface area contributed by atoms with Gasteiger partial charge in [0.15, 0.2) is 0 Å². The van der Waals surface area contributed by atoms with E-state index in [1.807, 2.05) is 30.3 Å². The Kier molecular flexibility index (Phi) is 4.77. The number of nitrogens with one attached hydrogen (secondary N) is 1. The molecule has 0 saturated heterocycles. The van der Waals surface area contributed by atoms with Gasteiger partial charge in [-0.1, -0.05) is 57.3 Å². The molecule has 0 unspecified atom stereocenters. The van der Waals surface area contributed by atoms with Crippen LogP contribution in [0.5, 0.6) is 0 Å². The number of aromatic amines is 1. The molecule has 6 heteroatoms. The van der Waals surface area contributed by atoms with Crippen LogP contribution in [0.1, 0.15) is 5.56 Å². The minimum atomic E-state index is -0.454. The summed E-state index contributed by atoms with van der Waals surface area (Å²) in [5.41, 5.74) is 2.33. The van der Waals surface area contributed by atoms with Crippen molar-refractivity contribution in [1.29, 1.82) is 5.26 Å². The van der Waals surface area contributed by atoms with Gasteiger partial charge in [0, 0.05) is 20.6 Å². The summed E-state index contributed by atoms with van der Waals surface area (Å²) in [5, 5.41) is 10.3. The van der Waals surface area contributed by atoms with Gasteiger partial charge in [0.1, 0.15) is 11.6 Å². The molecule has 3 aromatic rings. The fourth-order valence-corrected chi connectivity index (χ4v) is 3.27. The molecule has 1 heterocycles. The summed E-state index contributed by atoms with van der Waals surface area (Å²) < 4.78 is 0.834. The monoisotopic (exact) mass is 418 g/mol. The van der Waals surface area contributed by atoms with Crippen LogP contribution >= 0.6 is 39.1 Å². The molecule has 118 valence electrons. The van der Waals surface area contributed by atoms with Gasteiger partial charge in [0.2, 0.25) is 0 Å². The summed E-state index contributed by atoms with van der Waals surface area (Å²) in [7, 11) is 0. The summed E-state index contributed by atoms with van der Waals surface area (Å²) >= 11 is 15.6. The van der Waals surface area contributed by atoms with Gasteiger partial charge >= 0.3 is 0 Å². The number of aromatic nitrogens is 1. The first kappa shape index (κ1) is 16.8. The van der Waals surface area contributed by atoms with Crippen LogP contribution in [-0.2, 0) is 0 Å². The Balaban J connectivity index is 2.32. The average Bonchev–Trinajstić information content (AvgIpc) is 2.56. The molecule has 2 aromatic carbocycles. The molecule has 0 fully saturated rings. The number of H-pyrrole nitrogens is 1. The maximum Gasteiger partial charge on any atom is 0.266 e. The van der Waals surface area contributed by atoms with Gasteiger partial charge in [0.25, 0.3) is 5.56 Å². The minimum Gasteiger partial charge on any atom is -0.320 e. The van der Waals surface area contributed by atoms with Gasteiger partial charge in [-0.25, -0.2) is 0 Å². The standard InChI is InChI=1S/C18H9BrCl2N2O/c19-12-3-6-14(16(21)8-12)17-15(7-11(9-22)18(24)23-17)10-1-4-13(20)5-2-10/h1-8H,(H,23,24). The van der Waals surface area contributed by atoms with E-state index in [2.05, 4.69) is 20.9 Å². The van der Waals surface area contributed by atoms with E-state index in [-0.39, 0.29) is 5.56 Å². The molecule has 0 atom stereocenters. The number of hydrogen-bond donors (Lipinski definition) is 1. The van der Waals surface area contributed by atoms with Gasteiger partial charge < -0.3 is 4.98 Å². The van der Waals surface area contributed by atoms with Crippen molar-refractivity contribution in [2.24, 2.45) is 0 Å². The Bertz CT molecular complexity index is 1020. The topological polar surface area (TPSA) is 56.6 Å². The first-order valence-electron chi connectivity index (χ1n) is 6.88. The number of rotatable bonds is 2. The third kappa shape index (κ3) is 3.25. The van der Waals surface area contributed by atoms with Crippen LogP contribution in [0.3, 0.4) is 0 Å². The highest BCUT2D eigenvalue weighted by molar-refractivity contribution is 9.10. The number of nitrogens with zero attached hydrogens (tertiary/aromatic N) is 1. The van der Waals surface area contributed by atoms with Crippen molar-refractivity contribution in [3.8, 4) is 28.5 Å². The zero-order valence-corrected chi connectivity index (χ0v) is 15.2. The molecule has 0 amide bonds. The van der Waals surface area contributed by atoms with Crippen LogP contribution in [0.2, 0.25) is 10.0 Å². The second-order valence-electron chi connectivity index (χ2n) is 5.04. The number of nitriles is 1. The normalized spacial score (nSPS) is 10.4. The smallest absolute Gasteiger partial charge is 0.266 e. The fraction of sp³-hybridized carbons (Fsp3) is 0. The third-order valence-electron chi connectivity index (χ3n) is 3.52. The van der Waals surface area contributed by atoms with E-state index in [4.69, 9.17) is 28.5 Å². The molecule has 0 aliphatic carbocycles. The molecule has 24 heavy (non-hydrogen) atoms. The van der Waals surface area contributed by atoms with Crippen molar-refractivity contribution in [2.75, 3.05) is 0 Å². The zero-order valence-electron chi connectivity index (χ0n) is 12.1. The largest absolute Gasteiger partial charge is 0.320 e. The SMILES string of the molecule is N#Cc1cc(-c2ccc(Cl)cc2)c(-c2ccc(Br)cc2Cl)[nH]c1=O. The van der Waals surface area contributed by atoms with Crippen LogP contribution in [0, 0.1) is 11.3 Å². The molecule has 0 aliphatic rings. The predicted octanol–water partition coefficient (Wildman–Crippen LogP) is 5.65. The van der Waals surface area contributed by atoms with Gasteiger partial charge in [-0.2, -0.15) is 5.26 Å². The quantitative estimate of drug-likeness (QED) is 0.583. The van der Waals surface area contributed by atoms with E-state index < -0.39 is 5.56 Å². The lowest BCUT2D eigenvalue weighted by atomic mass is 9.98. The van der Waals surface area contributed by atoms with Crippen molar-refractivity contribution in [3.05, 3.63) is 79.0 Å². The van der Waals surface area contributed by atoms with E-state index in [1.54, 1.807) is 24.3 Å². The molecule has 0 radical (unpaired) electrons. The van der Waals surface area contributed by atoms with Gasteiger partial charge in [0.05, 0.1) is 10.7 Å². The number of benzene rings is 2. The Morgan fingerprint density at radius 3 is 2.33 bits per heavy atom. The number of pyridine rings is 1. The highest BCUT2D eigenvalue weighted by atomic mass is 79.9. The van der Waals surface area contributed by atoms with Crippen LogP contribution in [0.25, 0.3) is 22.4 Å². The first-order valence-corrected chi connectivity index (χ1v) is 8.43. The Morgan fingerprint density at radius 1 is 1.00 bits per heavy atom. The summed E-state index contributed by atoms with van der Waals surface area (Å²) in [6, 6.07) is 16.0. The highest BCUT2D eigenvalue weighted by Gasteiger charge is 2.15. The van der Waals surface area contributed by atoms with Crippen molar-refractivity contribution in [2.45, 2.75) is 0 Å². The molecule has 1 N–H and O–H groups in total. The zero-order chi connectivity index (χ0) is 17.3. The van der Waals surface area contributed by atoms with E-state index in [9.17, 15) is 4.79 Å². The fourth-order valence-electron chi connectivity index (χ4n) is 2.38. The van der Waals surface area contributed by atoms with E-state index in [1.165, 1.54) is 0 Å². The van der Waals surface area contributed by atoms with Crippen LogP contribution in [0.15, 0.2) is 57.8 Å². The Hall–Kier alpha value is -2.06. The number of halogens is 3. The molecule has 0 saturated carbocycles. The minimum absolute atomic E-state index is 0.0388. The summed E-state index contributed by atoms with van der Waals surface area (Å²) in [5.74, 6) is 0. The summed E-state index contributed by atoms with van der Waals surface area (Å²) in [6.07, 6.45) is 0. The average molecular weight is 420 g/mol. The maximum absolute atomic E-state index is 12.1. The van der Waals surface area contributed by atoms with Crippen molar-refractivity contribution < 1.29 is 0 Å². The highest BCUT2D eigenvalue weighted by Crippen LogP contribution is 2.35. The third-order valence-corrected chi connectivity index (χ3v) is 4.58. The van der Waals surface area contributed by atoms with Gasteiger partial charge in [-0.3, -0.25) is 4.79 Å². The molecule has 3 nitrogen and oxygen atoms in total. The second kappa shape index (κ2) is 6.82. The lowest BCUT2D eigenvalue weighted by Crippen LogP contribution is -2.12. The van der Waals surface area contributed by atoms with Crippen LogP contribution in [-0.4, -0.2) is 4.98 Å². The van der Waals surface area contributed by atoms with E-state index >= 15 is 0 Å². The molecule has 0 aliphatic heterocycles. The van der Waals surface area contributed by atoms with Crippen LogP contribution in [0.4, 0.5) is 0 Å². The van der Waals surface area contributed by atoms with Crippen LogP contribution < -0.4 is 5.56 Å². The Labute approximate surface area is 156 Å². The maximum atomic E-state index is 12.1. The summed E-state index contributed by atoms with van der Waals surface area (Å²) in [6.45, 7) is 0. The van der Waals surface area contributed by atoms with Crippen molar-refractivity contribution in [3.63, 3.8) is 0 Å². The molecular weight excluding hydrogens is 411 g/mol.